The fourth-order valence-corrected chi connectivity index (χ4v) is 3.05. The van der Waals surface area contributed by atoms with Gasteiger partial charge in [0.15, 0.2) is 0 Å². The van der Waals surface area contributed by atoms with Crippen LogP contribution in [0.3, 0.4) is 0 Å². The van der Waals surface area contributed by atoms with Crippen molar-refractivity contribution >= 4 is 17.0 Å². The molecule has 2 heterocycles. The summed E-state index contributed by atoms with van der Waals surface area (Å²) in [4.78, 5) is 8.35. The number of thiophene rings is 1. The first-order valence-corrected chi connectivity index (χ1v) is 8.07. The molecule has 0 bridgehead atoms. The first-order chi connectivity index (χ1) is 9.78. The van der Waals surface area contributed by atoms with E-state index in [0.717, 1.165) is 25.2 Å². The molecule has 108 valence electrons. The number of rotatable bonds is 7. The summed E-state index contributed by atoms with van der Waals surface area (Å²) >= 11 is 1.80. The van der Waals surface area contributed by atoms with Crippen molar-refractivity contribution in [3.63, 3.8) is 0 Å². The lowest BCUT2D eigenvalue weighted by molar-refractivity contribution is 0.561. The van der Waals surface area contributed by atoms with E-state index in [1.54, 1.807) is 11.3 Å². The molecule has 0 aliphatic rings. The zero-order valence-corrected chi connectivity index (χ0v) is 13.3. The van der Waals surface area contributed by atoms with Gasteiger partial charge in [0.05, 0.1) is 24.1 Å². The van der Waals surface area contributed by atoms with E-state index in [4.69, 9.17) is 0 Å². The number of nitrogens with one attached hydrogen (secondary N) is 1. The molecule has 2 rings (SSSR count). The first-order valence-electron chi connectivity index (χ1n) is 7.19. The minimum Gasteiger partial charge on any atom is -0.365 e. The molecule has 0 saturated heterocycles. The predicted molar refractivity (Wildman–Crippen MR) is 87.4 cm³/mol. The summed E-state index contributed by atoms with van der Waals surface area (Å²) in [5.41, 5.74) is 2.31. The lowest BCUT2D eigenvalue weighted by Crippen LogP contribution is -2.22. The lowest BCUT2D eigenvalue weighted by atomic mass is 10.1. The number of pyridine rings is 1. The first kappa shape index (κ1) is 15.0. The molecule has 4 heteroatoms. The molecule has 0 aromatic carbocycles. The van der Waals surface area contributed by atoms with Crippen LogP contribution in [-0.4, -0.2) is 18.6 Å². The van der Waals surface area contributed by atoms with Crippen LogP contribution in [0.1, 0.15) is 36.9 Å². The molecule has 2 aromatic rings. The monoisotopic (exact) mass is 289 g/mol. The van der Waals surface area contributed by atoms with E-state index in [-0.39, 0.29) is 0 Å². The molecule has 0 fully saturated rings. The Morgan fingerprint density at radius 2 is 2.15 bits per heavy atom. The van der Waals surface area contributed by atoms with Crippen LogP contribution in [0.5, 0.6) is 0 Å². The van der Waals surface area contributed by atoms with Gasteiger partial charge in [0.2, 0.25) is 0 Å². The molecular formula is C16H23N3S. The molecule has 1 N–H and O–H groups in total. The molecule has 1 atom stereocenters. The minimum absolute atomic E-state index is 0.344. The molecule has 0 spiro atoms. The summed E-state index contributed by atoms with van der Waals surface area (Å²) in [5.74, 6) is 0. The highest BCUT2D eigenvalue weighted by atomic mass is 32.1. The fourth-order valence-electron chi connectivity index (χ4n) is 2.33. The molecule has 1 unspecified atom stereocenters. The molecule has 0 saturated carbocycles. The Labute approximate surface area is 125 Å². The quantitative estimate of drug-likeness (QED) is 0.839. The molecule has 0 aliphatic carbocycles. The van der Waals surface area contributed by atoms with Crippen LogP contribution in [0.4, 0.5) is 5.69 Å². The van der Waals surface area contributed by atoms with Crippen LogP contribution in [0.15, 0.2) is 35.8 Å². The van der Waals surface area contributed by atoms with E-state index in [1.165, 1.54) is 10.6 Å². The molecule has 0 aliphatic heterocycles. The maximum atomic E-state index is 4.62. The third-order valence-electron chi connectivity index (χ3n) is 3.56. The average Bonchev–Trinajstić information content (AvgIpc) is 3.00. The smallest absolute Gasteiger partial charge is 0.0574 e. The predicted octanol–water partition coefficient (Wildman–Crippen LogP) is 3.84. The van der Waals surface area contributed by atoms with Crippen molar-refractivity contribution in [3.05, 3.63) is 46.4 Å². The largest absolute Gasteiger partial charge is 0.365 e. The third kappa shape index (κ3) is 3.58. The van der Waals surface area contributed by atoms with Gasteiger partial charge in [-0.2, -0.15) is 0 Å². The standard InChI is InChI=1S/C16H23N3S/c1-4-15(17-3)16-9-8-13(11-18-16)19(5-2)12-14-7-6-10-20-14/h6-11,15,17H,4-5,12H2,1-3H3. The van der Waals surface area contributed by atoms with E-state index < -0.39 is 0 Å². The third-order valence-corrected chi connectivity index (χ3v) is 4.42. The van der Waals surface area contributed by atoms with Crippen LogP contribution < -0.4 is 10.2 Å². The number of anilines is 1. The SMILES string of the molecule is CCC(NC)c1ccc(N(CC)Cc2cccs2)cn1. The van der Waals surface area contributed by atoms with Crippen LogP contribution in [0.25, 0.3) is 0 Å². The van der Waals surface area contributed by atoms with E-state index in [2.05, 4.69) is 58.7 Å². The summed E-state index contributed by atoms with van der Waals surface area (Å²) in [6.07, 6.45) is 3.04. The zero-order chi connectivity index (χ0) is 14.4. The minimum atomic E-state index is 0.344. The maximum Gasteiger partial charge on any atom is 0.0574 e. The average molecular weight is 289 g/mol. The van der Waals surface area contributed by atoms with Crippen LogP contribution >= 0.6 is 11.3 Å². The molecule has 0 amide bonds. The Morgan fingerprint density at radius 1 is 1.30 bits per heavy atom. The molecule has 20 heavy (non-hydrogen) atoms. The summed E-state index contributed by atoms with van der Waals surface area (Å²) in [6.45, 7) is 6.30. The maximum absolute atomic E-state index is 4.62. The molecule has 0 radical (unpaired) electrons. The second-order valence-corrected chi connectivity index (χ2v) is 5.82. The van der Waals surface area contributed by atoms with Gasteiger partial charge in [-0.15, -0.1) is 11.3 Å². The Morgan fingerprint density at radius 3 is 2.65 bits per heavy atom. The Balaban J connectivity index is 2.10. The van der Waals surface area contributed by atoms with Gasteiger partial charge in [0.25, 0.3) is 0 Å². The van der Waals surface area contributed by atoms with E-state index in [1.807, 2.05) is 13.2 Å². The van der Waals surface area contributed by atoms with Crippen molar-refractivity contribution in [2.24, 2.45) is 0 Å². The molecular weight excluding hydrogens is 266 g/mol. The van der Waals surface area contributed by atoms with Gasteiger partial charge in [-0.05, 0) is 44.0 Å². The Kier molecular flexibility index (Phi) is 5.56. The number of hydrogen-bond acceptors (Lipinski definition) is 4. The van der Waals surface area contributed by atoms with Gasteiger partial charge in [-0.25, -0.2) is 0 Å². The number of hydrogen-bond donors (Lipinski definition) is 1. The summed E-state index contributed by atoms with van der Waals surface area (Å²) in [7, 11) is 1.99. The Bertz CT molecular complexity index is 489. The second-order valence-electron chi connectivity index (χ2n) is 4.78. The highest BCUT2D eigenvalue weighted by Crippen LogP contribution is 2.21. The van der Waals surface area contributed by atoms with Gasteiger partial charge in [0, 0.05) is 17.5 Å². The van der Waals surface area contributed by atoms with Crippen LogP contribution in [0, 0.1) is 0 Å². The van der Waals surface area contributed by atoms with Crippen molar-refractivity contribution in [2.75, 3.05) is 18.5 Å². The highest BCUT2D eigenvalue weighted by Gasteiger charge is 2.10. The summed E-state index contributed by atoms with van der Waals surface area (Å²) in [6, 6.07) is 8.95. The van der Waals surface area contributed by atoms with Crippen molar-refractivity contribution in [2.45, 2.75) is 32.9 Å². The number of aromatic nitrogens is 1. The van der Waals surface area contributed by atoms with Crippen LogP contribution in [-0.2, 0) is 6.54 Å². The van der Waals surface area contributed by atoms with Crippen molar-refractivity contribution < 1.29 is 0 Å². The van der Waals surface area contributed by atoms with E-state index in [0.29, 0.717) is 6.04 Å². The normalized spacial score (nSPS) is 12.3. The van der Waals surface area contributed by atoms with Crippen molar-refractivity contribution in [3.8, 4) is 0 Å². The summed E-state index contributed by atoms with van der Waals surface area (Å²) < 4.78 is 0. The van der Waals surface area contributed by atoms with Gasteiger partial charge < -0.3 is 10.2 Å². The lowest BCUT2D eigenvalue weighted by Gasteiger charge is -2.23. The topological polar surface area (TPSA) is 28.2 Å². The van der Waals surface area contributed by atoms with Crippen LogP contribution in [0.2, 0.25) is 0 Å². The van der Waals surface area contributed by atoms with Crippen molar-refractivity contribution in [1.82, 2.24) is 10.3 Å². The van der Waals surface area contributed by atoms with E-state index in [9.17, 15) is 0 Å². The second kappa shape index (κ2) is 7.41. The fraction of sp³-hybridized carbons (Fsp3) is 0.438. The molecule has 3 nitrogen and oxygen atoms in total. The van der Waals surface area contributed by atoms with Gasteiger partial charge in [0.1, 0.15) is 0 Å². The Hall–Kier alpha value is -1.39. The van der Waals surface area contributed by atoms with Gasteiger partial charge >= 0.3 is 0 Å². The van der Waals surface area contributed by atoms with Crippen molar-refractivity contribution in [1.29, 1.82) is 0 Å². The summed E-state index contributed by atoms with van der Waals surface area (Å²) in [5, 5.41) is 5.42. The zero-order valence-electron chi connectivity index (χ0n) is 12.5. The molecule has 2 aromatic heterocycles. The number of nitrogens with zero attached hydrogens (tertiary/aromatic N) is 2. The van der Waals surface area contributed by atoms with E-state index >= 15 is 0 Å². The van der Waals surface area contributed by atoms with Gasteiger partial charge in [-0.1, -0.05) is 13.0 Å². The van der Waals surface area contributed by atoms with Gasteiger partial charge in [-0.3, -0.25) is 4.98 Å². The highest BCUT2D eigenvalue weighted by molar-refractivity contribution is 7.09.